The topological polar surface area (TPSA) is 23.5 Å². The van der Waals surface area contributed by atoms with Crippen molar-refractivity contribution in [1.82, 2.24) is 4.90 Å². The first-order chi connectivity index (χ1) is 8.11. The molecule has 0 aromatic carbocycles. The van der Waals surface area contributed by atoms with Crippen LogP contribution < -0.4 is 0 Å². The Morgan fingerprint density at radius 1 is 1.18 bits per heavy atom. The van der Waals surface area contributed by atoms with Gasteiger partial charge in [-0.05, 0) is 56.4 Å². The van der Waals surface area contributed by atoms with E-state index in [2.05, 4.69) is 25.7 Å². The van der Waals surface area contributed by atoms with Crippen molar-refractivity contribution in [2.75, 3.05) is 13.1 Å². The summed E-state index contributed by atoms with van der Waals surface area (Å²) in [5.41, 5.74) is 0. The summed E-state index contributed by atoms with van der Waals surface area (Å²) in [7, 11) is 0. The van der Waals surface area contributed by atoms with Crippen LogP contribution in [0.4, 0.5) is 0 Å². The van der Waals surface area contributed by atoms with E-state index in [-0.39, 0.29) is 6.10 Å². The normalized spacial score (nSPS) is 38.6. The summed E-state index contributed by atoms with van der Waals surface area (Å²) in [4.78, 5) is 2.60. The van der Waals surface area contributed by atoms with Gasteiger partial charge in [0, 0.05) is 12.6 Å². The minimum atomic E-state index is -0.0981. The number of aliphatic hydroxyl groups is 1. The second-order valence-corrected chi connectivity index (χ2v) is 6.55. The molecule has 2 aliphatic rings. The van der Waals surface area contributed by atoms with Crippen molar-refractivity contribution in [1.29, 1.82) is 0 Å². The van der Waals surface area contributed by atoms with Crippen molar-refractivity contribution in [3.63, 3.8) is 0 Å². The first-order valence-electron chi connectivity index (χ1n) is 7.54. The second kappa shape index (κ2) is 5.71. The summed E-state index contributed by atoms with van der Waals surface area (Å²) in [5, 5.41) is 10.4. The van der Waals surface area contributed by atoms with Gasteiger partial charge in [0.2, 0.25) is 0 Å². The van der Waals surface area contributed by atoms with Gasteiger partial charge in [-0.2, -0.15) is 0 Å². The zero-order valence-electron chi connectivity index (χ0n) is 11.7. The highest BCUT2D eigenvalue weighted by Crippen LogP contribution is 2.36. The van der Waals surface area contributed by atoms with E-state index in [1.54, 1.807) is 0 Å². The molecule has 0 spiro atoms. The van der Waals surface area contributed by atoms with E-state index in [1.165, 1.54) is 32.2 Å². The molecule has 0 aliphatic heterocycles. The minimum absolute atomic E-state index is 0.0981. The fourth-order valence-corrected chi connectivity index (χ4v) is 3.69. The third-order valence-corrected chi connectivity index (χ3v) is 4.52. The van der Waals surface area contributed by atoms with Gasteiger partial charge in [0.15, 0.2) is 0 Å². The average molecular weight is 239 g/mol. The SMILES string of the molecule is CCCN(CC1CC1)C1C(C)CC(C)CC1O. The van der Waals surface area contributed by atoms with Crippen LogP contribution in [-0.4, -0.2) is 35.2 Å². The zero-order chi connectivity index (χ0) is 12.4. The van der Waals surface area contributed by atoms with Crippen LogP contribution in [0, 0.1) is 17.8 Å². The molecule has 17 heavy (non-hydrogen) atoms. The van der Waals surface area contributed by atoms with Crippen LogP contribution in [0.3, 0.4) is 0 Å². The van der Waals surface area contributed by atoms with Crippen LogP contribution in [0.5, 0.6) is 0 Å². The third-order valence-electron chi connectivity index (χ3n) is 4.52. The first kappa shape index (κ1) is 13.4. The summed E-state index contributed by atoms with van der Waals surface area (Å²) in [6.45, 7) is 9.26. The number of rotatable bonds is 5. The molecular weight excluding hydrogens is 210 g/mol. The Labute approximate surface area is 106 Å². The van der Waals surface area contributed by atoms with Gasteiger partial charge < -0.3 is 5.11 Å². The van der Waals surface area contributed by atoms with Crippen LogP contribution in [0.25, 0.3) is 0 Å². The van der Waals surface area contributed by atoms with E-state index in [1.807, 2.05) is 0 Å². The maximum atomic E-state index is 10.4. The van der Waals surface area contributed by atoms with E-state index >= 15 is 0 Å². The van der Waals surface area contributed by atoms with Crippen LogP contribution in [0.2, 0.25) is 0 Å². The van der Waals surface area contributed by atoms with Crippen LogP contribution in [-0.2, 0) is 0 Å². The summed E-state index contributed by atoms with van der Waals surface area (Å²) < 4.78 is 0. The van der Waals surface area contributed by atoms with Crippen molar-refractivity contribution < 1.29 is 5.11 Å². The van der Waals surface area contributed by atoms with E-state index in [0.717, 1.165) is 18.9 Å². The lowest BCUT2D eigenvalue weighted by atomic mass is 9.77. The molecule has 0 heterocycles. The first-order valence-corrected chi connectivity index (χ1v) is 7.54. The quantitative estimate of drug-likeness (QED) is 0.797. The molecule has 0 radical (unpaired) electrons. The van der Waals surface area contributed by atoms with E-state index in [0.29, 0.717) is 17.9 Å². The predicted octanol–water partition coefficient (Wildman–Crippen LogP) is 2.90. The Morgan fingerprint density at radius 2 is 1.88 bits per heavy atom. The fraction of sp³-hybridized carbons (Fsp3) is 1.00. The van der Waals surface area contributed by atoms with Crippen molar-refractivity contribution in [2.24, 2.45) is 17.8 Å². The Bertz CT molecular complexity index is 227. The molecule has 0 bridgehead atoms. The molecule has 2 saturated carbocycles. The van der Waals surface area contributed by atoms with Gasteiger partial charge in [-0.25, -0.2) is 0 Å². The molecule has 0 aromatic heterocycles. The van der Waals surface area contributed by atoms with E-state index in [4.69, 9.17) is 0 Å². The van der Waals surface area contributed by atoms with Gasteiger partial charge in [-0.3, -0.25) is 4.90 Å². The highest BCUT2D eigenvalue weighted by Gasteiger charge is 2.38. The number of nitrogens with zero attached hydrogens (tertiary/aromatic N) is 1. The average Bonchev–Trinajstić information content (AvgIpc) is 3.00. The Kier molecular flexibility index (Phi) is 4.48. The molecule has 1 N–H and O–H groups in total. The standard InChI is InChI=1S/C15H29NO/c1-4-7-16(10-13-5-6-13)15-12(3)8-11(2)9-14(15)17/h11-15,17H,4-10H2,1-3H3. The monoisotopic (exact) mass is 239 g/mol. The number of aliphatic hydroxyl groups excluding tert-OH is 1. The molecule has 2 rings (SSSR count). The molecule has 0 amide bonds. The lowest BCUT2D eigenvalue weighted by molar-refractivity contribution is -0.0262. The van der Waals surface area contributed by atoms with Crippen LogP contribution >= 0.6 is 0 Å². The second-order valence-electron chi connectivity index (χ2n) is 6.55. The minimum Gasteiger partial charge on any atom is -0.391 e. The molecule has 4 unspecified atom stereocenters. The summed E-state index contributed by atoms with van der Waals surface area (Å²) in [6, 6.07) is 0.423. The summed E-state index contributed by atoms with van der Waals surface area (Å²) in [6.07, 6.45) is 6.21. The number of hydrogen-bond donors (Lipinski definition) is 1. The smallest absolute Gasteiger partial charge is 0.0700 e. The lowest BCUT2D eigenvalue weighted by Crippen LogP contribution is -2.52. The maximum absolute atomic E-state index is 10.4. The Morgan fingerprint density at radius 3 is 2.41 bits per heavy atom. The van der Waals surface area contributed by atoms with Gasteiger partial charge in [-0.15, -0.1) is 0 Å². The van der Waals surface area contributed by atoms with Gasteiger partial charge >= 0.3 is 0 Å². The third kappa shape index (κ3) is 3.45. The van der Waals surface area contributed by atoms with Gasteiger partial charge in [0.1, 0.15) is 0 Å². The van der Waals surface area contributed by atoms with Crippen molar-refractivity contribution in [3.05, 3.63) is 0 Å². The largest absolute Gasteiger partial charge is 0.391 e. The summed E-state index contributed by atoms with van der Waals surface area (Å²) >= 11 is 0. The summed E-state index contributed by atoms with van der Waals surface area (Å²) in [5.74, 6) is 2.28. The molecule has 4 atom stereocenters. The molecule has 0 saturated heterocycles. The molecule has 2 fully saturated rings. The van der Waals surface area contributed by atoms with Gasteiger partial charge in [-0.1, -0.05) is 20.8 Å². The molecule has 2 heteroatoms. The maximum Gasteiger partial charge on any atom is 0.0700 e. The fourth-order valence-electron chi connectivity index (χ4n) is 3.69. The highest BCUT2D eigenvalue weighted by atomic mass is 16.3. The van der Waals surface area contributed by atoms with E-state index in [9.17, 15) is 5.11 Å². The molecule has 2 nitrogen and oxygen atoms in total. The van der Waals surface area contributed by atoms with Crippen molar-refractivity contribution >= 4 is 0 Å². The molecule has 2 aliphatic carbocycles. The van der Waals surface area contributed by atoms with Crippen LogP contribution in [0.1, 0.15) is 52.9 Å². The highest BCUT2D eigenvalue weighted by molar-refractivity contribution is 4.91. The van der Waals surface area contributed by atoms with Crippen molar-refractivity contribution in [2.45, 2.75) is 65.0 Å². The lowest BCUT2D eigenvalue weighted by Gasteiger charge is -2.44. The van der Waals surface area contributed by atoms with Gasteiger partial charge in [0.05, 0.1) is 6.10 Å². The molecular formula is C15H29NO. The van der Waals surface area contributed by atoms with Gasteiger partial charge in [0.25, 0.3) is 0 Å². The Balaban J connectivity index is 1.98. The number of hydrogen-bond acceptors (Lipinski definition) is 2. The predicted molar refractivity (Wildman–Crippen MR) is 71.9 cm³/mol. The zero-order valence-corrected chi connectivity index (χ0v) is 11.7. The van der Waals surface area contributed by atoms with E-state index < -0.39 is 0 Å². The van der Waals surface area contributed by atoms with Crippen LogP contribution in [0.15, 0.2) is 0 Å². The van der Waals surface area contributed by atoms with Crippen molar-refractivity contribution in [3.8, 4) is 0 Å². The Hall–Kier alpha value is -0.0800. The molecule has 0 aromatic rings. The molecule has 100 valence electrons.